The maximum Gasteiger partial charge on any atom is 0.176 e. The Morgan fingerprint density at radius 1 is 1.30 bits per heavy atom. The molecule has 0 saturated heterocycles. The van der Waals surface area contributed by atoms with E-state index >= 15 is 0 Å². The predicted molar refractivity (Wildman–Crippen MR) is 92.0 cm³/mol. The molecule has 1 aromatic rings. The van der Waals surface area contributed by atoms with E-state index in [-0.39, 0.29) is 10.1 Å². The van der Waals surface area contributed by atoms with Gasteiger partial charge in [0.25, 0.3) is 0 Å². The van der Waals surface area contributed by atoms with E-state index in [1.54, 1.807) is 0 Å². The quantitative estimate of drug-likeness (QED) is 0.465. The SMILES string of the molecule is CC1CCC(Br)(C(C)C)C(=O)/C1=C\c1ccc(Br)cc1. The normalized spacial score (nSPS) is 29.2. The minimum absolute atomic E-state index is 0.258. The number of ketones is 1. The Kier molecular flexibility index (Phi) is 4.91. The molecule has 1 nitrogen and oxygen atoms in total. The number of hydrogen-bond acceptors (Lipinski definition) is 1. The molecule has 0 amide bonds. The van der Waals surface area contributed by atoms with Gasteiger partial charge in [-0.1, -0.05) is 64.8 Å². The fourth-order valence-electron chi connectivity index (χ4n) is 2.66. The summed E-state index contributed by atoms with van der Waals surface area (Å²) in [5.41, 5.74) is 2.04. The second-order valence-corrected chi connectivity index (χ2v) is 8.27. The highest BCUT2D eigenvalue weighted by atomic mass is 79.9. The van der Waals surface area contributed by atoms with Crippen LogP contribution in [0.4, 0.5) is 0 Å². The van der Waals surface area contributed by atoms with E-state index in [1.807, 2.05) is 24.3 Å². The fraction of sp³-hybridized carbons (Fsp3) is 0.471. The van der Waals surface area contributed by atoms with Crippen molar-refractivity contribution in [3.63, 3.8) is 0 Å². The molecule has 2 atom stereocenters. The summed E-state index contributed by atoms with van der Waals surface area (Å²) in [7, 11) is 0. The lowest BCUT2D eigenvalue weighted by Crippen LogP contribution is -2.43. The monoisotopic (exact) mass is 398 g/mol. The van der Waals surface area contributed by atoms with E-state index in [1.165, 1.54) is 0 Å². The van der Waals surface area contributed by atoms with Gasteiger partial charge in [-0.25, -0.2) is 0 Å². The zero-order valence-corrected chi connectivity index (χ0v) is 15.3. The molecule has 20 heavy (non-hydrogen) atoms. The highest BCUT2D eigenvalue weighted by Crippen LogP contribution is 2.44. The van der Waals surface area contributed by atoms with E-state index in [2.05, 4.69) is 58.7 Å². The average molecular weight is 400 g/mol. The van der Waals surface area contributed by atoms with Gasteiger partial charge in [0.05, 0.1) is 4.32 Å². The first-order valence-electron chi connectivity index (χ1n) is 7.05. The highest BCUT2D eigenvalue weighted by Gasteiger charge is 2.44. The molecule has 2 rings (SSSR count). The summed E-state index contributed by atoms with van der Waals surface area (Å²) in [6.07, 6.45) is 4.02. The van der Waals surface area contributed by atoms with E-state index in [0.29, 0.717) is 11.8 Å². The lowest BCUT2D eigenvalue weighted by molar-refractivity contribution is -0.120. The number of rotatable bonds is 2. The lowest BCUT2D eigenvalue weighted by Gasteiger charge is -2.38. The van der Waals surface area contributed by atoms with Crippen molar-refractivity contribution in [3.05, 3.63) is 39.9 Å². The van der Waals surface area contributed by atoms with E-state index in [4.69, 9.17) is 0 Å². The van der Waals surface area contributed by atoms with Gasteiger partial charge in [0.2, 0.25) is 0 Å². The fourth-order valence-corrected chi connectivity index (χ4v) is 3.38. The highest BCUT2D eigenvalue weighted by molar-refractivity contribution is 9.10. The minimum Gasteiger partial charge on any atom is -0.293 e. The third-order valence-corrected chi connectivity index (χ3v) is 6.42. The summed E-state index contributed by atoms with van der Waals surface area (Å²) < 4.78 is 0.667. The topological polar surface area (TPSA) is 17.1 Å². The van der Waals surface area contributed by atoms with Gasteiger partial charge in [-0.15, -0.1) is 0 Å². The third kappa shape index (κ3) is 3.09. The second kappa shape index (κ2) is 6.15. The predicted octanol–water partition coefficient (Wildman–Crippen LogP) is 5.62. The van der Waals surface area contributed by atoms with Crippen LogP contribution >= 0.6 is 31.9 Å². The van der Waals surface area contributed by atoms with Crippen LogP contribution in [0.3, 0.4) is 0 Å². The first kappa shape index (κ1) is 16.0. The first-order valence-corrected chi connectivity index (χ1v) is 8.64. The molecule has 1 aliphatic carbocycles. The molecule has 0 aromatic heterocycles. The summed E-state index contributed by atoms with van der Waals surface area (Å²) in [4.78, 5) is 12.8. The van der Waals surface area contributed by atoms with Crippen LogP contribution in [-0.2, 0) is 4.79 Å². The van der Waals surface area contributed by atoms with Gasteiger partial charge in [0.1, 0.15) is 0 Å². The summed E-state index contributed by atoms with van der Waals surface area (Å²) in [6, 6.07) is 8.09. The summed E-state index contributed by atoms with van der Waals surface area (Å²) in [5, 5.41) is 0. The van der Waals surface area contributed by atoms with Crippen LogP contribution in [0.25, 0.3) is 6.08 Å². The molecule has 2 unspecified atom stereocenters. The van der Waals surface area contributed by atoms with Gasteiger partial charge in [-0.3, -0.25) is 4.79 Å². The van der Waals surface area contributed by atoms with Crippen molar-refractivity contribution in [1.82, 2.24) is 0 Å². The number of allylic oxidation sites excluding steroid dienone is 1. The van der Waals surface area contributed by atoms with Gasteiger partial charge in [0.15, 0.2) is 5.78 Å². The summed E-state index contributed by atoms with van der Waals surface area (Å²) in [5.74, 6) is 0.889. The van der Waals surface area contributed by atoms with Gasteiger partial charge in [-0.05, 0) is 48.4 Å². The van der Waals surface area contributed by atoms with Gasteiger partial charge in [-0.2, -0.15) is 0 Å². The average Bonchev–Trinajstić information content (AvgIpc) is 2.41. The Labute approximate surface area is 138 Å². The molecule has 0 spiro atoms. The number of benzene rings is 1. The Balaban J connectivity index is 2.37. The van der Waals surface area contributed by atoms with Crippen LogP contribution in [0.1, 0.15) is 39.2 Å². The second-order valence-electron chi connectivity index (χ2n) is 5.94. The van der Waals surface area contributed by atoms with E-state index in [9.17, 15) is 4.79 Å². The maximum absolute atomic E-state index is 12.8. The van der Waals surface area contributed by atoms with Crippen LogP contribution in [0.15, 0.2) is 34.3 Å². The molecular formula is C17H20Br2O. The van der Waals surface area contributed by atoms with Crippen molar-refractivity contribution in [2.75, 3.05) is 0 Å². The Hall–Kier alpha value is -0.410. The molecule has 1 aromatic carbocycles. The number of carbonyl (C=O) groups is 1. The van der Waals surface area contributed by atoms with Crippen molar-refractivity contribution < 1.29 is 4.79 Å². The molecule has 0 radical (unpaired) electrons. The minimum atomic E-state index is -0.388. The Morgan fingerprint density at radius 2 is 1.90 bits per heavy atom. The van der Waals surface area contributed by atoms with Crippen molar-refractivity contribution in [1.29, 1.82) is 0 Å². The molecule has 0 aliphatic heterocycles. The van der Waals surface area contributed by atoms with E-state index < -0.39 is 0 Å². The maximum atomic E-state index is 12.8. The van der Waals surface area contributed by atoms with Crippen LogP contribution in [0.5, 0.6) is 0 Å². The van der Waals surface area contributed by atoms with Gasteiger partial charge in [0, 0.05) is 10.0 Å². The zero-order chi connectivity index (χ0) is 14.9. The molecule has 0 N–H and O–H groups in total. The number of carbonyl (C=O) groups excluding carboxylic acids is 1. The molecule has 1 aliphatic rings. The van der Waals surface area contributed by atoms with Crippen LogP contribution in [0, 0.1) is 11.8 Å². The third-order valence-electron chi connectivity index (χ3n) is 4.22. The van der Waals surface area contributed by atoms with Crippen molar-refractivity contribution in [2.24, 2.45) is 11.8 Å². The molecule has 3 heteroatoms. The van der Waals surface area contributed by atoms with Crippen molar-refractivity contribution >= 4 is 43.7 Å². The number of Topliss-reactive ketones (excluding diaryl/α,β-unsaturated/α-hetero) is 1. The number of alkyl halides is 1. The molecule has 108 valence electrons. The van der Waals surface area contributed by atoms with Gasteiger partial charge < -0.3 is 0 Å². The van der Waals surface area contributed by atoms with Crippen molar-refractivity contribution in [3.8, 4) is 0 Å². The van der Waals surface area contributed by atoms with Crippen LogP contribution in [0.2, 0.25) is 0 Å². The summed E-state index contributed by atoms with van der Waals surface area (Å²) >= 11 is 7.16. The van der Waals surface area contributed by atoms with Crippen LogP contribution < -0.4 is 0 Å². The molecule has 0 bridgehead atoms. The lowest BCUT2D eigenvalue weighted by atomic mass is 9.73. The summed E-state index contributed by atoms with van der Waals surface area (Å²) in [6.45, 7) is 6.37. The Morgan fingerprint density at radius 3 is 2.45 bits per heavy atom. The van der Waals surface area contributed by atoms with Crippen molar-refractivity contribution in [2.45, 2.75) is 37.9 Å². The van der Waals surface area contributed by atoms with Gasteiger partial charge >= 0.3 is 0 Å². The van der Waals surface area contributed by atoms with Crippen LogP contribution in [-0.4, -0.2) is 10.1 Å². The largest absolute Gasteiger partial charge is 0.293 e. The first-order chi connectivity index (χ1) is 9.34. The smallest absolute Gasteiger partial charge is 0.176 e. The Bertz CT molecular complexity index is 530. The molecule has 0 heterocycles. The molecule has 1 saturated carbocycles. The van der Waals surface area contributed by atoms with E-state index in [0.717, 1.165) is 28.5 Å². The molecular weight excluding hydrogens is 380 g/mol. The number of halogens is 2. The molecule has 1 fully saturated rings. The zero-order valence-electron chi connectivity index (χ0n) is 12.1. The standard InChI is InChI=1S/C17H20Br2O/c1-11(2)17(19)9-8-12(3)15(16(17)20)10-13-4-6-14(18)7-5-13/h4-7,10-12H,8-9H2,1-3H3/b15-10-. The number of hydrogen-bond donors (Lipinski definition) is 0.